The Morgan fingerprint density at radius 2 is 1.70 bits per heavy atom. The number of nitrogens with zero attached hydrogens (tertiary/aromatic N) is 1. The fourth-order valence-electron chi connectivity index (χ4n) is 5.08. The Hall–Kier alpha value is -2.99. The second kappa shape index (κ2) is 5.50. The number of likely N-dealkylation sites (tertiary alicyclic amines) is 1. The molecule has 136 valence electrons. The Morgan fingerprint density at radius 3 is 2.48 bits per heavy atom. The summed E-state index contributed by atoms with van der Waals surface area (Å²) in [6.07, 6.45) is 0. The number of quaternary nitrogens is 1. The van der Waals surface area contributed by atoms with Gasteiger partial charge in [-0.05, 0) is 18.6 Å². The zero-order valence-corrected chi connectivity index (χ0v) is 14.9. The van der Waals surface area contributed by atoms with E-state index >= 15 is 0 Å². The van der Waals surface area contributed by atoms with Crippen molar-refractivity contribution in [2.45, 2.75) is 25.0 Å². The van der Waals surface area contributed by atoms with Crippen LogP contribution in [0.15, 0.2) is 54.6 Å². The standard InChI is InChI=1S/C21H19N3O3/c1-12-16-17(19(26)24(18(16)25)11-13-7-3-2-4-8-13)21(23-12)14-9-5-6-10-15(14)22-20(21)27/h2-10,12,16-17,23H,11H2,1H3,(H,22,27)/p+1/t12-,16-,17-,21-/m0/s1. The molecule has 27 heavy (non-hydrogen) atoms. The van der Waals surface area contributed by atoms with E-state index < -0.39 is 17.4 Å². The molecule has 6 nitrogen and oxygen atoms in total. The maximum Gasteiger partial charge on any atom is 0.291 e. The highest BCUT2D eigenvalue weighted by Gasteiger charge is 2.73. The molecule has 2 saturated heterocycles. The van der Waals surface area contributed by atoms with Crippen molar-refractivity contribution in [2.75, 3.05) is 5.32 Å². The smallest absolute Gasteiger partial charge is 0.291 e. The molecule has 0 aromatic heterocycles. The number of fused-ring (bicyclic) bond motifs is 4. The molecule has 0 bridgehead atoms. The lowest BCUT2D eigenvalue weighted by Crippen LogP contribution is -2.98. The molecule has 3 N–H and O–H groups in total. The molecule has 2 aromatic carbocycles. The predicted octanol–water partition coefficient (Wildman–Crippen LogP) is 0.601. The summed E-state index contributed by atoms with van der Waals surface area (Å²) >= 11 is 0. The first-order valence-electron chi connectivity index (χ1n) is 9.20. The van der Waals surface area contributed by atoms with Crippen LogP contribution in [0.3, 0.4) is 0 Å². The fourth-order valence-corrected chi connectivity index (χ4v) is 5.08. The highest BCUT2D eigenvalue weighted by molar-refractivity contribution is 6.13. The van der Waals surface area contributed by atoms with Crippen molar-refractivity contribution in [3.05, 3.63) is 65.7 Å². The van der Waals surface area contributed by atoms with E-state index in [1.165, 1.54) is 4.90 Å². The minimum Gasteiger partial charge on any atom is -0.326 e. The quantitative estimate of drug-likeness (QED) is 0.768. The van der Waals surface area contributed by atoms with Crippen molar-refractivity contribution in [3.8, 4) is 0 Å². The maximum atomic E-state index is 13.4. The first kappa shape index (κ1) is 16.2. The van der Waals surface area contributed by atoms with Crippen LogP contribution in [0.2, 0.25) is 0 Å². The van der Waals surface area contributed by atoms with Gasteiger partial charge in [0.1, 0.15) is 11.8 Å². The van der Waals surface area contributed by atoms with Gasteiger partial charge in [0, 0.05) is 5.56 Å². The van der Waals surface area contributed by atoms with Crippen LogP contribution in [0.5, 0.6) is 0 Å². The summed E-state index contributed by atoms with van der Waals surface area (Å²) in [5.41, 5.74) is 1.38. The Kier molecular flexibility index (Phi) is 3.30. The van der Waals surface area contributed by atoms with Crippen molar-refractivity contribution in [3.63, 3.8) is 0 Å². The zero-order valence-electron chi connectivity index (χ0n) is 14.9. The molecule has 3 aliphatic rings. The van der Waals surface area contributed by atoms with Crippen LogP contribution in [0.1, 0.15) is 18.1 Å². The maximum absolute atomic E-state index is 13.4. The number of anilines is 1. The minimum atomic E-state index is -1.06. The lowest BCUT2D eigenvalue weighted by molar-refractivity contribution is -0.730. The average molecular weight is 362 g/mol. The molecule has 4 atom stereocenters. The third kappa shape index (κ3) is 2.01. The number of carbonyl (C=O) groups excluding carboxylic acids is 3. The number of benzene rings is 2. The van der Waals surface area contributed by atoms with E-state index in [0.717, 1.165) is 16.8 Å². The van der Waals surface area contributed by atoms with E-state index in [4.69, 9.17) is 0 Å². The van der Waals surface area contributed by atoms with Gasteiger partial charge in [-0.15, -0.1) is 0 Å². The Morgan fingerprint density at radius 1 is 1.00 bits per heavy atom. The van der Waals surface area contributed by atoms with Crippen molar-refractivity contribution in [2.24, 2.45) is 11.8 Å². The molecule has 2 aromatic rings. The molecule has 6 heteroatoms. The number of nitrogens with two attached hydrogens (primary N) is 1. The largest absolute Gasteiger partial charge is 0.326 e. The summed E-state index contributed by atoms with van der Waals surface area (Å²) in [4.78, 5) is 40.9. The van der Waals surface area contributed by atoms with Gasteiger partial charge in [0.25, 0.3) is 5.91 Å². The molecule has 2 fully saturated rings. The van der Waals surface area contributed by atoms with Gasteiger partial charge in [0.05, 0.1) is 18.3 Å². The molecule has 3 amide bonds. The number of amides is 3. The molecule has 0 saturated carbocycles. The fraction of sp³-hybridized carbons (Fsp3) is 0.286. The third-order valence-electron chi connectivity index (χ3n) is 6.21. The molecule has 1 spiro atoms. The van der Waals surface area contributed by atoms with Gasteiger partial charge in [-0.3, -0.25) is 19.3 Å². The molecule has 0 unspecified atom stereocenters. The van der Waals surface area contributed by atoms with Crippen molar-refractivity contribution >= 4 is 23.4 Å². The van der Waals surface area contributed by atoms with E-state index in [-0.39, 0.29) is 30.3 Å². The molecule has 5 rings (SSSR count). The summed E-state index contributed by atoms with van der Waals surface area (Å²) in [5.74, 6) is -1.79. The van der Waals surface area contributed by atoms with Crippen LogP contribution in [-0.2, 0) is 26.5 Å². The number of nitrogens with one attached hydrogen (secondary N) is 1. The van der Waals surface area contributed by atoms with Gasteiger partial charge in [-0.1, -0.05) is 48.5 Å². The molecule has 3 aliphatic heterocycles. The van der Waals surface area contributed by atoms with Gasteiger partial charge in [0.15, 0.2) is 0 Å². The highest BCUT2D eigenvalue weighted by atomic mass is 16.2. The van der Waals surface area contributed by atoms with E-state index in [2.05, 4.69) is 5.32 Å². The minimum absolute atomic E-state index is 0.149. The number of imide groups is 1. The summed E-state index contributed by atoms with van der Waals surface area (Å²) in [7, 11) is 0. The van der Waals surface area contributed by atoms with Crippen LogP contribution in [0.4, 0.5) is 5.69 Å². The number of rotatable bonds is 2. The van der Waals surface area contributed by atoms with Crippen LogP contribution >= 0.6 is 0 Å². The lowest BCUT2D eigenvalue weighted by atomic mass is 9.76. The molecule has 0 radical (unpaired) electrons. The second-order valence-electron chi connectivity index (χ2n) is 7.65. The van der Waals surface area contributed by atoms with Crippen molar-refractivity contribution in [1.82, 2.24) is 4.90 Å². The van der Waals surface area contributed by atoms with Crippen molar-refractivity contribution < 1.29 is 19.7 Å². The number of hydrogen-bond acceptors (Lipinski definition) is 3. The summed E-state index contributed by atoms with van der Waals surface area (Å²) in [6.45, 7) is 2.18. The molecular formula is C21H20N3O3+. The first-order chi connectivity index (χ1) is 13.0. The van der Waals surface area contributed by atoms with Gasteiger partial charge in [0.2, 0.25) is 17.4 Å². The summed E-state index contributed by atoms with van der Waals surface area (Å²) < 4.78 is 0. The van der Waals surface area contributed by atoms with Crippen LogP contribution in [0, 0.1) is 11.8 Å². The topological polar surface area (TPSA) is 83.1 Å². The zero-order chi connectivity index (χ0) is 18.8. The van der Waals surface area contributed by atoms with E-state index in [1.54, 1.807) is 0 Å². The normalized spacial score (nSPS) is 31.4. The van der Waals surface area contributed by atoms with E-state index in [0.29, 0.717) is 0 Å². The molecule has 3 heterocycles. The monoisotopic (exact) mass is 362 g/mol. The van der Waals surface area contributed by atoms with Gasteiger partial charge in [-0.25, -0.2) is 0 Å². The Bertz CT molecular complexity index is 974. The summed E-state index contributed by atoms with van der Waals surface area (Å²) in [5, 5.41) is 4.83. The first-order valence-corrected chi connectivity index (χ1v) is 9.20. The van der Waals surface area contributed by atoms with E-state index in [1.807, 2.05) is 66.8 Å². The SMILES string of the molecule is C[C@@H]1[NH2+][C@]2(C(=O)Nc3ccccc32)[C@@H]2C(=O)N(Cc3ccccc3)C(=O)[C@@H]12. The number of hydrogen-bond donors (Lipinski definition) is 2. The van der Waals surface area contributed by atoms with Gasteiger partial charge >= 0.3 is 0 Å². The Balaban J connectivity index is 1.59. The number of carbonyl (C=O) groups is 3. The Labute approximate surface area is 156 Å². The van der Waals surface area contributed by atoms with Crippen molar-refractivity contribution in [1.29, 1.82) is 0 Å². The number of para-hydroxylation sites is 1. The van der Waals surface area contributed by atoms with E-state index in [9.17, 15) is 14.4 Å². The van der Waals surface area contributed by atoms with Gasteiger partial charge in [-0.2, -0.15) is 0 Å². The third-order valence-corrected chi connectivity index (χ3v) is 6.21. The van der Waals surface area contributed by atoms with Gasteiger partial charge < -0.3 is 10.6 Å². The molecular weight excluding hydrogens is 342 g/mol. The van der Waals surface area contributed by atoms with Crippen LogP contribution < -0.4 is 10.6 Å². The predicted molar refractivity (Wildman–Crippen MR) is 97.1 cm³/mol. The highest BCUT2D eigenvalue weighted by Crippen LogP contribution is 2.48. The van der Waals surface area contributed by atoms with Crippen LogP contribution in [0.25, 0.3) is 0 Å². The lowest BCUT2D eigenvalue weighted by Gasteiger charge is -2.25. The van der Waals surface area contributed by atoms with Crippen LogP contribution in [-0.4, -0.2) is 28.7 Å². The average Bonchev–Trinajstić information content (AvgIpc) is 3.23. The summed E-state index contributed by atoms with van der Waals surface area (Å²) in [6, 6.07) is 16.8. The second-order valence-corrected chi connectivity index (χ2v) is 7.65. The molecule has 0 aliphatic carbocycles.